The predicted octanol–water partition coefficient (Wildman–Crippen LogP) is 5.21. The maximum atomic E-state index is 13.1. The van der Waals surface area contributed by atoms with Crippen LogP contribution in [0.1, 0.15) is 48.7 Å². The summed E-state index contributed by atoms with van der Waals surface area (Å²) in [4.78, 5) is 22.0. The van der Waals surface area contributed by atoms with Crippen molar-refractivity contribution < 1.29 is 22.6 Å². The van der Waals surface area contributed by atoms with Crippen molar-refractivity contribution in [1.29, 1.82) is 0 Å². The number of halogens is 3. The maximum absolute atomic E-state index is 13.1. The molecule has 10 nitrogen and oxygen atoms in total. The summed E-state index contributed by atoms with van der Waals surface area (Å²) < 4.78 is 53.6. The first-order chi connectivity index (χ1) is 19.2. The topological polar surface area (TPSA) is 106 Å². The number of aryl methyl sites for hydroxylation is 1. The van der Waals surface area contributed by atoms with Crippen LogP contribution in [-0.2, 0) is 13.2 Å². The first-order valence-corrected chi connectivity index (χ1v) is 12.6. The molecule has 6 rings (SSSR count). The van der Waals surface area contributed by atoms with Crippen LogP contribution in [0.3, 0.4) is 0 Å². The summed E-state index contributed by atoms with van der Waals surface area (Å²) in [5, 5.41) is 5.28. The molecule has 5 aromatic rings. The summed E-state index contributed by atoms with van der Waals surface area (Å²) in [5.41, 5.74) is 2.55. The monoisotopic (exact) mass is 550 g/mol. The average Bonchev–Trinajstić information content (AvgIpc) is 3.63. The van der Waals surface area contributed by atoms with E-state index in [0.717, 1.165) is 30.3 Å². The van der Waals surface area contributed by atoms with E-state index in [1.54, 1.807) is 30.1 Å². The number of nitrogens with zero attached hydrogens (tertiary/aromatic N) is 8. The third kappa shape index (κ3) is 4.40. The lowest BCUT2D eigenvalue weighted by Gasteiger charge is -2.15. The fourth-order valence-corrected chi connectivity index (χ4v) is 4.78. The zero-order valence-electron chi connectivity index (χ0n) is 22.1. The highest BCUT2D eigenvalue weighted by Gasteiger charge is 2.35. The van der Waals surface area contributed by atoms with Crippen LogP contribution in [0.15, 0.2) is 43.0 Å². The van der Waals surface area contributed by atoms with Gasteiger partial charge in [-0.15, -0.1) is 5.10 Å². The smallest absolute Gasteiger partial charge is 0.434 e. The molecular formula is C27H25F3N8O2. The molecule has 1 saturated carbocycles. The predicted molar refractivity (Wildman–Crippen MR) is 139 cm³/mol. The molecule has 1 atom stereocenters. The standard InChI is InChI=1S/C27H25F3N8O2/c1-14(15-5-9-17(10-6-15)23-34-19(12-37(23)2)27(28,29)30)38-24-18(25(36-38)39-3)11-31-22(35-24)20-21(16-7-8-16)32-13-33-26(20)40-4/h5-6,9-14,16H,7-8H2,1-4H3. The van der Waals surface area contributed by atoms with E-state index in [2.05, 4.69) is 25.0 Å². The Morgan fingerprint density at radius 2 is 1.70 bits per heavy atom. The third-order valence-electron chi connectivity index (χ3n) is 7.02. The van der Waals surface area contributed by atoms with Gasteiger partial charge in [0.25, 0.3) is 0 Å². The summed E-state index contributed by atoms with van der Waals surface area (Å²) >= 11 is 0. The van der Waals surface area contributed by atoms with Gasteiger partial charge in [-0.25, -0.2) is 29.6 Å². The minimum Gasteiger partial charge on any atom is -0.480 e. The van der Waals surface area contributed by atoms with Gasteiger partial charge in [-0.1, -0.05) is 24.3 Å². The first kappa shape index (κ1) is 25.7. The van der Waals surface area contributed by atoms with Crippen LogP contribution >= 0.6 is 0 Å². The van der Waals surface area contributed by atoms with Crippen molar-refractivity contribution in [1.82, 2.24) is 39.3 Å². The number of hydrogen-bond donors (Lipinski definition) is 0. The van der Waals surface area contributed by atoms with Gasteiger partial charge in [-0.2, -0.15) is 13.2 Å². The van der Waals surface area contributed by atoms with Crippen LogP contribution in [0.4, 0.5) is 13.2 Å². The molecule has 0 N–H and O–H groups in total. The summed E-state index contributed by atoms with van der Waals surface area (Å²) in [6, 6.07) is 6.86. The number of alkyl halides is 3. The van der Waals surface area contributed by atoms with E-state index in [9.17, 15) is 13.2 Å². The molecule has 206 valence electrons. The lowest BCUT2D eigenvalue weighted by molar-refractivity contribution is -0.140. The van der Waals surface area contributed by atoms with Gasteiger partial charge in [0.1, 0.15) is 23.1 Å². The van der Waals surface area contributed by atoms with Gasteiger partial charge in [0.15, 0.2) is 17.2 Å². The maximum Gasteiger partial charge on any atom is 0.434 e. The van der Waals surface area contributed by atoms with Crippen LogP contribution < -0.4 is 9.47 Å². The number of imidazole rings is 1. The fraction of sp³-hybridized carbons (Fsp3) is 0.333. The van der Waals surface area contributed by atoms with Gasteiger partial charge in [0, 0.05) is 30.9 Å². The second-order valence-corrected chi connectivity index (χ2v) is 9.66. The van der Waals surface area contributed by atoms with Crippen LogP contribution in [0.2, 0.25) is 0 Å². The van der Waals surface area contributed by atoms with Crippen LogP contribution in [0.25, 0.3) is 33.8 Å². The van der Waals surface area contributed by atoms with Crippen LogP contribution in [0.5, 0.6) is 11.8 Å². The molecular weight excluding hydrogens is 525 g/mol. The highest BCUT2D eigenvalue weighted by Crippen LogP contribution is 2.45. The van der Waals surface area contributed by atoms with E-state index in [4.69, 9.17) is 14.5 Å². The molecule has 1 fully saturated rings. The van der Waals surface area contributed by atoms with Gasteiger partial charge < -0.3 is 14.0 Å². The van der Waals surface area contributed by atoms with Crippen molar-refractivity contribution in [3.63, 3.8) is 0 Å². The molecule has 0 bridgehead atoms. The number of methoxy groups -OCH3 is 2. The summed E-state index contributed by atoms with van der Waals surface area (Å²) in [5.74, 6) is 1.74. The average molecular weight is 551 g/mol. The molecule has 40 heavy (non-hydrogen) atoms. The number of fused-ring (bicyclic) bond motifs is 1. The van der Waals surface area contributed by atoms with Gasteiger partial charge >= 0.3 is 6.18 Å². The number of benzene rings is 1. The van der Waals surface area contributed by atoms with Crippen molar-refractivity contribution in [2.75, 3.05) is 14.2 Å². The van der Waals surface area contributed by atoms with Crippen molar-refractivity contribution in [3.8, 4) is 34.5 Å². The molecule has 4 aromatic heterocycles. The summed E-state index contributed by atoms with van der Waals surface area (Å²) in [7, 11) is 4.62. The number of rotatable bonds is 7. The van der Waals surface area contributed by atoms with E-state index >= 15 is 0 Å². The van der Waals surface area contributed by atoms with Crippen molar-refractivity contribution in [2.45, 2.75) is 37.9 Å². The van der Waals surface area contributed by atoms with Crippen LogP contribution in [-0.4, -0.2) is 53.5 Å². The first-order valence-electron chi connectivity index (χ1n) is 12.6. The zero-order chi connectivity index (χ0) is 28.2. The molecule has 1 aliphatic rings. The zero-order valence-corrected chi connectivity index (χ0v) is 22.1. The summed E-state index contributed by atoms with van der Waals surface area (Å²) in [6.07, 6.45) is 1.68. The van der Waals surface area contributed by atoms with Gasteiger partial charge in [0.05, 0.1) is 26.0 Å². The van der Waals surface area contributed by atoms with E-state index in [1.165, 1.54) is 25.1 Å². The fourth-order valence-electron chi connectivity index (χ4n) is 4.78. The normalized spacial score (nSPS) is 14.5. The Morgan fingerprint density at radius 1 is 0.975 bits per heavy atom. The third-order valence-corrected chi connectivity index (χ3v) is 7.02. The number of ether oxygens (including phenoxy) is 2. The molecule has 1 aliphatic carbocycles. The molecule has 1 unspecified atom stereocenters. The second-order valence-electron chi connectivity index (χ2n) is 9.66. The van der Waals surface area contributed by atoms with E-state index < -0.39 is 11.9 Å². The van der Waals surface area contributed by atoms with Gasteiger partial charge in [-0.3, -0.25) is 0 Å². The Bertz CT molecular complexity index is 1710. The van der Waals surface area contributed by atoms with Crippen molar-refractivity contribution in [3.05, 3.63) is 59.9 Å². The quantitative estimate of drug-likeness (QED) is 0.272. The molecule has 1 aromatic carbocycles. The van der Waals surface area contributed by atoms with Gasteiger partial charge in [-0.05, 0) is 25.3 Å². The minimum atomic E-state index is -4.51. The van der Waals surface area contributed by atoms with E-state index in [0.29, 0.717) is 45.7 Å². The molecule has 0 spiro atoms. The molecule has 0 amide bonds. The van der Waals surface area contributed by atoms with Gasteiger partial charge in [0.2, 0.25) is 11.8 Å². The minimum absolute atomic E-state index is 0.223. The molecule has 0 aliphatic heterocycles. The lowest BCUT2D eigenvalue weighted by atomic mass is 10.1. The molecule has 4 heterocycles. The lowest BCUT2D eigenvalue weighted by Crippen LogP contribution is -2.10. The Balaban J connectivity index is 1.39. The number of aromatic nitrogens is 8. The SMILES string of the molecule is COc1ncnc(C2CC2)c1-c1ncc2c(OC)nn(C(C)c3ccc(-c4nc(C(F)(F)F)cn4C)cc3)c2n1. The largest absolute Gasteiger partial charge is 0.480 e. The second kappa shape index (κ2) is 9.57. The highest BCUT2D eigenvalue weighted by molar-refractivity contribution is 5.83. The van der Waals surface area contributed by atoms with Crippen LogP contribution in [0, 0.1) is 0 Å². The Kier molecular flexibility index (Phi) is 6.15. The Hall–Kier alpha value is -4.55. The van der Waals surface area contributed by atoms with E-state index in [-0.39, 0.29) is 11.9 Å². The van der Waals surface area contributed by atoms with Crippen molar-refractivity contribution in [2.24, 2.45) is 7.05 Å². The molecule has 0 radical (unpaired) electrons. The molecule has 13 heteroatoms. The van der Waals surface area contributed by atoms with E-state index in [1.807, 2.05) is 19.1 Å². The Morgan fingerprint density at radius 3 is 2.33 bits per heavy atom. The Labute approximate surface area is 226 Å². The van der Waals surface area contributed by atoms with Crippen molar-refractivity contribution >= 4 is 11.0 Å². The molecule has 0 saturated heterocycles. The number of hydrogen-bond acceptors (Lipinski definition) is 8. The summed E-state index contributed by atoms with van der Waals surface area (Å²) in [6.45, 7) is 1.95. The highest BCUT2D eigenvalue weighted by atomic mass is 19.4.